The lowest BCUT2D eigenvalue weighted by Crippen LogP contribution is -2.47. The van der Waals surface area contributed by atoms with Crippen molar-refractivity contribution in [3.8, 4) is 5.75 Å². The number of aryl methyl sites for hydroxylation is 1. The van der Waals surface area contributed by atoms with Crippen molar-refractivity contribution in [3.63, 3.8) is 0 Å². The van der Waals surface area contributed by atoms with Crippen LogP contribution < -0.4 is 15.4 Å². The van der Waals surface area contributed by atoms with Crippen molar-refractivity contribution in [1.29, 1.82) is 0 Å². The number of amides is 2. The van der Waals surface area contributed by atoms with Gasteiger partial charge >= 0.3 is 0 Å². The Kier molecular flexibility index (Phi) is 6.33. The van der Waals surface area contributed by atoms with Crippen LogP contribution >= 0.6 is 0 Å². The molecule has 0 heterocycles. The summed E-state index contributed by atoms with van der Waals surface area (Å²) >= 11 is 0. The maximum absolute atomic E-state index is 14.0. The fourth-order valence-electron chi connectivity index (χ4n) is 2.43. The number of nitrogens with one attached hydrogen (secondary N) is 2. The summed E-state index contributed by atoms with van der Waals surface area (Å²) in [6.45, 7) is 5.38. The lowest BCUT2D eigenvalue weighted by atomic mass is 10.0. The van der Waals surface area contributed by atoms with E-state index >= 15 is 0 Å². The molecule has 0 saturated carbocycles. The number of anilines is 1. The minimum Gasteiger partial charge on any atom is -0.497 e. The lowest BCUT2D eigenvalue weighted by Gasteiger charge is -2.22. The van der Waals surface area contributed by atoms with E-state index in [-0.39, 0.29) is 17.5 Å². The minimum atomic E-state index is -0.801. The van der Waals surface area contributed by atoms with Crippen molar-refractivity contribution < 1.29 is 18.7 Å². The maximum atomic E-state index is 14.0. The van der Waals surface area contributed by atoms with E-state index in [0.29, 0.717) is 11.3 Å². The van der Waals surface area contributed by atoms with E-state index in [2.05, 4.69) is 10.6 Å². The zero-order chi connectivity index (χ0) is 19.3. The smallest absolute Gasteiger partial charge is 0.251 e. The molecule has 2 rings (SSSR count). The van der Waals surface area contributed by atoms with E-state index in [0.717, 1.165) is 5.56 Å². The number of benzene rings is 2. The van der Waals surface area contributed by atoms with E-state index in [4.69, 9.17) is 4.74 Å². The van der Waals surface area contributed by atoms with Gasteiger partial charge in [-0.05, 0) is 54.8 Å². The Morgan fingerprint density at radius 1 is 1.08 bits per heavy atom. The van der Waals surface area contributed by atoms with Gasteiger partial charge in [0.2, 0.25) is 5.91 Å². The number of carbonyl (C=O) groups is 2. The third kappa shape index (κ3) is 4.81. The van der Waals surface area contributed by atoms with Crippen molar-refractivity contribution in [2.24, 2.45) is 5.92 Å². The molecule has 0 spiro atoms. The first-order valence-corrected chi connectivity index (χ1v) is 8.33. The van der Waals surface area contributed by atoms with Crippen LogP contribution in [-0.2, 0) is 4.79 Å². The number of carbonyl (C=O) groups excluding carboxylic acids is 2. The average Bonchev–Trinajstić information content (AvgIpc) is 2.61. The van der Waals surface area contributed by atoms with Gasteiger partial charge in [0.1, 0.15) is 17.6 Å². The maximum Gasteiger partial charge on any atom is 0.251 e. The molecule has 2 aromatic carbocycles. The molecule has 26 heavy (non-hydrogen) atoms. The summed E-state index contributed by atoms with van der Waals surface area (Å²) in [5, 5.41) is 5.25. The SMILES string of the molecule is COc1ccc(C(=O)NC(C(=O)Nc2ccc(C)cc2F)C(C)C)cc1. The van der Waals surface area contributed by atoms with Crippen LogP contribution in [0.1, 0.15) is 29.8 Å². The van der Waals surface area contributed by atoms with Crippen molar-refractivity contribution in [1.82, 2.24) is 5.32 Å². The summed E-state index contributed by atoms with van der Waals surface area (Å²) < 4.78 is 19.0. The third-order valence-electron chi connectivity index (χ3n) is 3.97. The lowest BCUT2D eigenvalue weighted by molar-refractivity contribution is -0.118. The van der Waals surface area contributed by atoms with Crippen LogP contribution in [0, 0.1) is 18.7 Å². The summed E-state index contributed by atoms with van der Waals surface area (Å²) in [4.78, 5) is 25.0. The van der Waals surface area contributed by atoms with Gasteiger partial charge < -0.3 is 15.4 Å². The van der Waals surface area contributed by atoms with Crippen molar-refractivity contribution >= 4 is 17.5 Å². The van der Waals surface area contributed by atoms with E-state index in [1.165, 1.54) is 12.1 Å². The molecule has 0 aliphatic rings. The Labute approximate surface area is 152 Å². The second kappa shape index (κ2) is 8.47. The topological polar surface area (TPSA) is 67.4 Å². The molecule has 0 aliphatic carbocycles. The van der Waals surface area contributed by atoms with Crippen molar-refractivity contribution in [2.45, 2.75) is 26.8 Å². The number of methoxy groups -OCH3 is 1. The number of rotatable bonds is 6. The van der Waals surface area contributed by atoms with Gasteiger partial charge in [-0.2, -0.15) is 0 Å². The quantitative estimate of drug-likeness (QED) is 0.830. The highest BCUT2D eigenvalue weighted by Gasteiger charge is 2.25. The van der Waals surface area contributed by atoms with Gasteiger partial charge in [-0.15, -0.1) is 0 Å². The second-order valence-electron chi connectivity index (χ2n) is 6.40. The molecule has 2 N–H and O–H groups in total. The number of hydrogen-bond acceptors (Lipinski definition) is 3. The van der Waals surface area contributed by atoms with Crippen LogP contribution in [0.4, 0.5) is 10.1 Å². The number of hydrogen-bond donors (Lipinski definition) is 2. The third-order valence-corrected chi connectivity index (χ3v) is 3.97. The number of halogens is 1. The monoisotopic (exact) mass is 358 g/mol. The van der Waals surface area contributed by atoms with E-state index < -0.39 is 17.8 Å². The Hall–Kier alpha value is -2.89. The van der Waals surface area contributed by atoms with Crippen LogP contribution in [0.5, 0.6) is 5.75 Å². The van der Waals surface area contributed by atoms with Crippen LogP contribution in [0.25, 0.3) is 0 Å². The number of ether oxygens (including phenoxy) is 1. The normalized spacial score (nSPS) is 11.8. The Morgan fingerprint density at radius 2 is 1.73 bits per heavy atom. The van der Waals surface area contributed by atoms with Gasteiger partial charge in [0.05, 0.1) is 12.8 Å². The molecule has 6 heteroatoms. The van der Waals surface area contributed by atoms with Gasteiger partial charge in [-0.25, -0.2) is 4.39 Å². The molecule has 0 fully saturated rings. The minimum absolute atomic E-state index is 0.0879. The fraction of sp³-hybridized carbons (Fsp3) is 0.300. The molecule has 2 aromatic rings. The molecule has 2 amide bonds. The molecule has 138 valence electrons. The van der Waals surface area contributed by atoms with E-state index in [1.54, 1.807) is 44.4 Å². The molecule has 5 nitrogen and oxygen atoms in total. The van der Waals surface area contributed by atoms with Gasteiger partial charge in [0.25, 0.3) is 5.91 Å². The first-order chi connectivity index (χ1) is 12.3. The molecule has 0 aliphatic heterocycles. The van der Waals surface area contributed by atoms with E-state index in [1.807, 2.05) is 13.8 Å². The largest absolute Gasteiger partial charge is 0.497 e. The van der Waals surface area contributed by atoms with Crippen LogP contribution in [-0.4, -0.2) is 25.0 Å². The highest BCUT2D eigenvalue weighted by atomic mass is 19.1. The van der Waals surface area contributed by atoms with Gasteiger partial charge in [0, 0.05) is 5.56 Å². The fourth-order valence-corrected chi connectivity index (χ4v) is 2.43. The first kappa shape index (κ1) is 19.4. The molecule has 0 bridgehead atoms. The predicted octanol–water partition coefficient (Wildman–Crippen LogP) is 3.54. The molecule has 1 atom stereocenters. The van der Waals surface area contributed by atoms with Gasteiger partial charge in [-0.3, -0.25) is 9.59 Å². The zero-order valence-electron chi connectivity index (χ0n) is 15.3. The molecule has 0 saturated heterocycles. The molecule has 0 aromatic heterocycles. The highest BCUT2D eigenvalue weighted by molar-refractivity contribution is 6.01. The van der Waals surface area contributed by atoms with Crippen LogP contribution in [0.2, 0.25) is 0 Å². The van der Waals surface area contributed by atoms with Crippen molar-refractivity contribution in [3.05, 3.63) is 59.4 Å². The average molecular weight is 358 g/mol. The van der Waals surface area contributed by atoms with Crippen LogP contribution in [0.15, 0.2) is 42.5 Å². The summed E-state index contributed by atoms with van der Waals surface area (Å²) in [6.07, 6.45) is 0. The Balaban J connectivity index is 2.11. The zero-order valence-corrected chi connectivity index (χ0v) is 15.3. The van der Waals surface area contributed by atoms with E-state index in [9.17, 15) is 14.0 Å². The predicted molar refractivity (Wildman–Crippen MR) is 98.9 cm³/mol. The van der Waals surface area contributed by atoms with Gasteiger partial charge in [-0.1, -0.05) is 19.9 Å². The summed E-state index contributed by atoms with van der Waals surface area (Å²) in [6, 6.07) is 10.3. The van der Waals surface area contributed by atoms with Crippen LogP contribution in [0.3, 0.4) is 0 Å². The highest BCUT2D eigenvalue weighted by Crippen LogP contribution is 2.17. The first-order valence-electron chi connectivity index (χ1n) is 8.33. The Bertz CT molecular complexity index is 788. The second-order valence-corrected chi connectivity index (χ2v) is 6.40. The molecular formula is C20H23FN2O3. The summed E-state index contributed by atoms with van der Waals surface area (Å²) in [5.41, 5.74) is 1.25. The Morgan fingerprint density at radius 3 is 2.27 bits per heavy atom. The molecule has 1 unspecified atom stereocenters. The molecule has 0 radical (unpaired) electrons. The summed E-state index contributed by atoms with van der Waals surface area (Å²) in [5.74, 6) is -0.905. The standard InChI is InChI=1S/C20H23FN2O3/c1-12(2)18(20(25)22-17-10-5-13(3)11-16(17)21)23-19(24)14-6-8-15(26-4)9-7-14/h5-12,18H,1-4H3,(H,22,25)(H,23,24). The van der Waals surface area contributed by atoms with Crippen molar-refractivity contribution in [2.75, 3.05) is 12.4 Å². The molecular weight excluding hydrogens is 335 g/mol. The summed E-state index contributed by atoms with van der Waals surface area (Å²) in [7, 11) is 1.54. The van der Waals surface area contributed by atoms with Gasteiger partial charge in [0.15, 0.2) is 0 Å².